The number of nitrogens with one attached hydrogen (secondary N) is 1. The number of rotatable bonds is 8. The van der Waals surface area contributed by atoms with E-state index in [9.17, 15) is 9.18 Å². The highest BCUT2D eigenvalue weighted by atomic mass is 32.2. The minimum atomic E-state index is -0.326. The summed E-state index contributed by atoms with van der Waals surface area (Å²) in [4.78, 5) is 11.7. The standard InChI is InChI=1S/C17H18FNO3S/c1-21-15-6-8-16(9-7-15)22-10-11-23-12-17(20)19-14-4-2-13(18)3-5-14/h2-9H,10-12H2,1H3,(H,19,20). The molecule has 2 aromatic carbocycles. The molecule has 1 N–H and O–H groups in total. The third kappa shape index (κ3) is 6.20. The third-order valence-corrected chi connectivity index (χ3v) is 3.84. The first-order valence-corrected chi connectivity index (χ1v) is 8.23. The predicted octanol–water partition coefficient (Wildman–Crippen LogP) is 3.59. The van der Waals surface area contributed by atoms with Crippen molar-refractivity contribution in [1.82, 2.24) is 0 Å². The Kier molecular flexibility index (Phi) is 6.75. The second kappa shape index (κ2) is 9.05. The average molecular weight is 335 g/mol. The molecule has 0 fully saturated rings. The summed E-state index contributed by atoms with van der Waals surface area (Å²) >= 11 is 1.47. The average Bonchev–Trinajstić information content (AvgIpc) is 2.57. The number of halogens is 1. The first-order valence-electron chi connectivity index (χ1n) is 7.07. The number of anilines is 1. The van der Waals surface area contributed by atoms with Crippen LogP contribution in [0, 0.1) is 5.82 Å². The third-order valence-electron chi connectivity index (χ3n) is 2.92. The summed E-state index contributed by atoms with van der Waals surface area (Å²) in [6.45, 7) is 0.515. The van der Waals surface area contributed by atoms with E-state index in [-0.39, 0.29) is 11.7 Å². The zero-order chi connectivity index (χ0) is 16.5. The van der Waals surface area contributed by atoms with Crippen LogP contribution in [0.1, 0.15) is 0 Å². The van der Waals surface area contributed by atoms with Crippen LogP contribution >= 0.6 is 11.8 Å². The SMILES string of the molecule is COc1ccc(OCCSCC(=O)Nc2ccc(F)cc2)cc1. The quantitative estimate of drug-likeness (QED) is 0.749. The van der Waals surface area contributed by atoms with Gasteiger partial charge in [-0.1, -0.05) is 0 Å². The maximum absolute atomic E-state index is 12.8. The van der Waals surface area contributed by atoms with Gasteiger partial charge in [0.25, 0.3) is 0 Å². The van der Waals surface area contributed by atoms with Crippen molar-refractivity contribution >= 4 is 23.4 Å². The molecule has 0 spiro atoms. The van der Waals surface area contributed by atoms with Crippen LogP contribution in [0.25, 0.3) is 0 Å². The van der Waals surface area contributed by atoms with Gasteiger partial charge in [-0.25, -0.2) is 4.39 Å². The lowest BCUT2D eigenvalue weighted by Gasteiger charge is -2.07. The molecule has 0 radical (unpaired) electrons. The van der Waals surface area contributed by atoms with Gasteiger partial charge in [-0.05, 0) is 48.5 Å². The van der Waals surface area contributed by atoms with Crippen molar-refractivity contribution in [1.29, 1.82) is 0 Å². The first-order chi connectivity index (χ1) is 11.2. The van der Waals surface area contributed by atoms with Gasteiger partial charge < -0.3 is 14.8 Å². The van der Waals surface area contributed by atoms with Crippen molar-refractivity contribution in [3.05, 3.63) is 54.3 Å². The molecule has 4 nitrogen and oxygen atoms in total. The number of thioether (sulfide) groups is 1. The Morgan fingerprint density at radius 3 is 2.39 bits per heavy atom. The molecular formula is C17H18FNO3S. The fourth-order valence-corrected chi connectivity index (χ4v) is 2.39. The summed E-state index contributed by atoms with van der Waals surface area (Å²) in [5.74, 6) is 2.12. The van der Waals surface area contributed by atoms with Gasteiger partial charge in [0.15, 0.2) is 0 Å². The molecule has 0 unspecified atom stereocenters. The van der Waals surface area contributed by atoms with Crippen molar-refractivity contribution in [3.63, 3.8) is 0 Å². The number of ether oxygens (including phenoxy) is 2. The van der Waals surface area contributed by atoms with E-state index in [1.807, 2.05) is 24.3 Å². The Hall–Kier alpha value is -2.21. The lowest BCUT2D eigenvalue weighted by atomic mass is 10.3. The maximum Gasteiger partial charge on any atom is 0.234 e. The van der Waals surface area contributed by atoms with Crippen LogP contribution in [-0.2, 0) is 4.79 Å². The van der Waals surface area contributed by atoms with Gasteiger partial charge in [-0.15, -0.1) is 11.8 Å². The fourth-order valence-electron chi connectivity index (χ4n) is 1.79. The molecule has 0 aliphatic carbocycles. The molecule has 122 valence electrons. The molecule has 23 heavy (non-hydrogen) atoms. The Balaban J connectivity index is 1.61. The fraction of sp³-hybridized carbons (Fsp3) is 0.235. The number of hydrogen-bond acceptors (Lipinski definition) is 4. The van der Waals surface area contributed by atoms with Crippen molar-refractivity contribution in [2.45, 2.75) is 0 Å². The van der Waals surface area contributed by atoms with Crippen molar-refractivity contribution in [3.8, 4) is 11.5 Å². The molecule has 2 rings (SSSR count). The molecule has 0 bridgehead atoms. The monoisotopic (exact) mass is 335 g/mol. The maximum atomic E-state index is 12.8. The predicted molar refractivity (Wildman–Crippen MR) is 90.8 cm³/mol. The minimum absolute atomic E-state index is 0.119. The highest BCUT2D eigenvalue weighted by molar-refractivity contribution is 7.99. The van der Waals surface area contributed by atoms with Crippen LogP contribution in [-0.4, -0.2) is 31.1 Å². The summed E-state index contributed by atoms with van der Waals surface area (Å²) in [7, 11) is 1.61. The number of carbonyl (C=O) groups excluding carboxylic acids is 1. The Labute approximate surface area is 139 Å². The van der Waals surface area contributed by atoms with E-state index in [0.29, 0.717) is 23.8 Å². The highest BCUT2D eigenvalue weighted by Crippen LogP contribution is 2.17. The smallest absolute Gasteiger partial charge is 0.234 e. The van der Waals surface area contributed by atoms with Gasteiger partial charge in [0.05, 0.1) is 19.5 Å². The summed E-state index contributed by atoms with van der Waals surface area (Å²) in [6.07, 6.45) is 0. The zero-order valence-corrected chi connectivity index (χ0v) is 13.6. The molecule has 0 saturated heterocycles. The van der Waals surface area contributed by atoms with E-state index >= 15 is 0 Å². The molecule has 2 aromatic rings. The number of hydrogen-bond donors (Lipinski definition) is 1. The molecule has 0 aliphatic heterocycles. The topological polar surface area (TPSA) is 47.6 Å². The van der Waals surface area contributed by atoms with Crippen LogP contribution in [0.5, 0.6) is 11.5 Å². The molecule has 0 heterocycles. The molecule has 0 aromatic heterocycles. The van der Waals surface area contributed by atoms with Crippen molar-refractivity contribution in [2.75, 3.05) is 30.5 Å². The number of carbonyl (C=O) groups is 1. The van der Waals surface area contributed by atoms with E-state index in [4.69, 9.17) is 9.47 Å². The lowest BCUT2D eigenvalue weighted by Crippen LogP contribution is -2.15. The van der Waals surface area contributed by atoms with E-state index < -0.39 is 0 Å². The molecule has 6 heteroatoms. The second-order valence-corrected chi connectivity index (χ2v) is 5.74. The number of amides is 1. The van der Waals surface area contributed by atoms with Crippen LogP contribution in [0.15, 0.2) is 48.5 Å². The van der Waals surface area contributed by atoms with Gasteiger partial charge in [0.2, 0.25) is 5.91 Å². The van der Waals surface area contributed by atoms with Gasteiger partial charge in [0.1, 0.15) is 17.3 Å². The van der Waals surface area contributed by atoms with Gasteiger partial charge in [-0.2, -0.15) is 0 Å². The summed E-state index contributed by atoms with van der Waals surface area (Å²) in [5.41, 5.74) is 0.589. The minimum Gasteiger partial charge on any atom is -0.497 e. The van der Waals surface area contributed by atoms with Gasteiger partial charge in [0, 0.05) is 11.4 Å². The van der Waals surface area contributed by atoms with E-state index in [2.05, 4.69) is 5.32 Å². The number of methoxy groups -OCH3 is 1. The normalized spacial score (nSPS) is 10.2. The molecule has 0 saturated carbocycles. The molecule has 0 aliphatic rings. The Morgan fingerprint density at radius 1 is 1.09 bits per heavy atom. The first kappa shape index (κ1) is 17.1. The lowest BCUT2D eigenvalue weighted by molar-refractivity contribution is -0.113. The second-order valence-electron chi connectivity index (χ2n) is 4.63. The summed E-state index contributed by atoms with van der Waals surface area (Å²) < 4.78 is 23.4. The molecule has 0 atom stereocenters. The molecular weight excluding hydrogens is 317 g/mol. The van der Waals surface area contributed by atoms with E-state index in [1.54, 1.807) is 7.11 Å². The van der Waals surface area contributed by atoms with E-state index in [1.165, 1.54) is 36.0 Å². The van der Waals surface area contributed by atoms with Crippen LogP contribution < -0.4 is 14.8 Å². The Bertz CT molecular complexity index is 617. The highest BCUT2D eigenvalue weighted by Gasteiger charge is 2.03. The number of benzene rings is 2. The van der Waals surface area contributed by atoms with Crippen molar-refractivity contribution < 1.29 is 18.7 Å². The van der Waals surface area contributed by atoms with Crippen LogP contribution in [0.2, 0.25) is 0 Å². The Morgan fingerprint density at radius 2 is 1.74 bits per heavy atom. The van der Waals surface area contributed by atoms with Gasteiger partial charge >= 0.3 is 0 Å². The summed E-state index contributed by atoms with van der Waals surface area (Å²) in [5, 5.41) is 2.71. The summed E-state index contributed by atoms with van der Waals surface area (Å²) in [6, 6.07) is 13.0. The van der Waals surface area contributed by atoms with Crippen LogP contribution in [0.3, 0.4) is 0 Å². The van der Waals surface area contributed by atoms with E-state index in [0.717, 1.165) is 11.5 Å². The van der Waals surface area contributed by atoms with Crippen molar-refractivity contribution in [2.24, 2.45) is 0 Å². The van der Waals surface area contributed by atoms with Crippen LogP contribution in [0.4, 0.5) is 10.1 Å². The largest absolute Gasteiger partial charge is 0.497 e. The molecule has 1 amide bonds. The zero-order valence-electron chi connectivity index (χ0n) is 12.8. The van der Waals surface area contributed by atoms with Gasteiger partial charge in [-0.3, -0.25) is 4.79 Å².